The number of hydrogen-bond acceptors (Lipinski definition) is 2. The minimum atomic E-state index is -0.868. The third-order valence-corrected chi connectivity index (χ3v) is 4.53. The minimum absolute atomic E-state index is 0.00676. The average Bonchev–Trinajstić information content (AvgIpc) is 2.55. The Morgan fingerprint density at radius 2 is 1.76 bits per heavy atom. The normalized spacial score (nSPS) is 22.5. The van der Waals surface area contributed by atoms with Crippen LogP contribution in [0.2, 0.25) is 0 Å². The predicted octanol–water partition coefficient (Wildman–Crippen LogP) is 2.87. The van der Waals surface area contributed by atoms with Crippen molar-refractivity contribution in [2.24, 2.45) is 0 Å². The second-order valence-electron chi connectivity index (χ2n) is 6.56. The first-order valence-electron chi connectivity index (χ1n) is 7.76. The molecule has 1 aromatic rings. The van der Waals surface area contributed by atoms with Gasteiger partial charge < -0.3 is 10.2 Å². The number of nitrogens with zero attached hydrogens (tertiary/aromatic N) is 1. The molecule has 2 amide bonds. The summed E-state index contributed by atoms with van der Waals surface area (Å²) in [5.74, 6) is -0.171. The molecule has 1 saturated carbocycles. The van der Waals surface area contributed by atoms with Crippen LogP contribution in [0.15, 0.2) is 24.3 Å². The Labute approximate surface area is 125 Å². The predicted molar refractivity (Wildman–Crippen MR) is 82.3 cm³/mol. The van der Waals surface area contributed by atoms with Gasteiger partial charge in [0.2, 0.25) is 0 Å². The molecule has 0 aromatic heterocycles. The SMILES string of the molecule is CC1(C)NC(=O)c2ccccc2N(C2CCCCC2)C1=O. The van der Waals surface area contributed by atoms with Crippen molar-refractivity contribution in [3.05, 3.63) is 29.8 Å². The molecule has 3 rings (SSSR count). The number of carbonyl (C=O) groups is 2. The number of carbonyl (C=O) groups excluding carboxylic acids is 2. The summed E-state index contributed by atoms with van der Waals surface area (Å²) in [6, 6.07) is 7.64. The summed E-state index contributed by atoms with van der Waals surface area (Å²) in [4.78, 5) is 27.3. The summed E-state index contributed by atoms with van der Waals surface area (Å²) in [6.45, 7) is 3.57. The summed E-state index contributed by atoms with van der Waals surface area (Å²) in [6.07, 6.45) is 5.58. The lowest BCUT2D eigenvalue weighted by atomic mass is 9.92. The second-order valence-corrected chi connectivity index (χ2v) is 6.56. The van der Waals surface area contributed by atoms with E-state index in [0.717, 1.165) is 31.4 Å². The molecular formula is C17H22N2O2. The van der Waals surface area contributed by atoms with E-state index in [1.165, 1.54) is 6.42 Å². The van der Waals surface area contributed by atoms with E-state index in [1.807, 2.05) is 23.1 Å². The number of fused-ring (bicyclic) bond motifs is 1. The summed E-state index contributed by atoms with van der Waals surface area (Å²) in [5.41, 5.74) is 0.493. The van der Waals surface area contributed by atoms with Crippen LogP contribution in [0.1, 0.15) is 56.3 Å². The van der Waals surface area contributed by atoms with Gasteiger partial charge in [0, 0.05) is 6.04 Å². The van der Waals surface area contributed by atoms with E-state index >= 15 is 0 Å². The van der Waals surface area contributed by atoms with Gasteiger partial charge in [0.1, 0.15) is 5.54 Å². The largest absolute Gasteiger partial charge is 0.338 e. The Kier molecular flexibility index (Phi) is 3.47. The zero-order valence-electron chi connectivity index (χ0n) is 12.7. The van der Waals surface area contributed by atoms with Gasteiger partial charge >= 0.3 is 0 Å². The van der Waals surface area contributed by atoms with Gasteiger partial charge in [-0.15, -0.1) is 0 Å². The van der Waals surface area contributed by atoms with Crippen LogP contribution in [0.25, 0.3) is 0 Å². The fourth-order valence-electron chi connectivity index (χ4n) is 3.39. The fraction of sp³-hybridized carbons (Fsp3) is 0.529. The molecule has 4 heteroatoms. The van der Waals surface area contributed by atoms with Crippen molar-refractivity contribution in [1.29, 1.82) is 0 Å². The van der Waals surface area contributed by atoms with Crippen molar-refractivity contribution in [2.45, 2.75) is 57.5 Å². The summed E-state index contributed by atoms with van der Waals surface area (Å²) in [7, 11) is 0. The molecule has 4 nitrogen and oxygen atoms in total. The van der Waals surface area contributed by atoms with Crippen molar-refractivity contribution < 1.29 is 9.59 Å². The molecule has 1 N–H and O–H groups in total. The number of para-hydroxylation sites is 1. The Hall–Kier alpha value is -1.84. The van der Waals surface area contributed by atoms with E-state index in [0.29, 0.717) is 5.56 Å². The van der Waals surface area contributed by atoms with Crippen molar-refractivity contribution in [3.63, 3.8) is 0 Å². The smallest absolute Gasteiger partial charge is 0.254 e. The molecular weight excluding hydrogens is 264 g/mol. The molecule has 2 aliphatic rings. The maximum absolute atomic E-state index is 13.0. The van der Waals surface area contributed by atoms with Crippen LogP contribution < -0.4 is 10.2 Å². The summed E-state index contributed by atoms with van der Waals surface area (Å²) in [5, 5.41) is 2.86. The molecule has 112 valence electrons. The quantitative estimate of drug-likeness (QED) is 0.863. The zero-order chi connectivity index (χ0) is 15.0. The molecule has 0 unspecified atom stereocenters. The van der Waals surface area contributed by atoms with Gasteiger partial charge in [0.25, 0.3) is 11.8 Å². The van der Waals surface area contributed by atoms with Gasteiger partial charge in [0.15, 0.2) is 0 Å². The Morgan fingerprint density at radius 1 is 1.10 bits per heavy atom. The van der Waals surface area contributed by atoms with E-state index in [9.17, 15) is 9.59 Å². The molecule has 0 spiro atoms. The highest BCUT2D eigenvalue weighted by Gasteiger charge is 2.42. The zero-order valence-corrected chi connectivity index (χ0v) is 12.7. The molecule has 0 saturated heterocycles. The molecule has 0 radical (unpaired) electrons. The molecule has 1 fully saturated rings. The Balaban J connectivity index is 2.10. The molecule has 0 atom stereocenters. The molecule has 21 heavy (non-hydrogen) atoms. The first kappa shape index (κ1) is 14.1. The van der Waals surface area contributed by atoms with Crippen molar-refractivity contribution in [2.75, 3.05) is 4.90 Å². The lowest BCUT2D eigenvalue weighted by Gasteiger charge is -2.37. The van der Waals surface area contributed by atoms with E-state index in [-0.39, 0.29) is 17.9 Å². The maximum Gasteiger partial charge on any atom is 0.254 e. The van der Waals surface area contributed by atoms with Gasteiger partial charge in [-0.1, -0.05) is 31.4 Å². The van der Waals surface area contributed by atoms with Crippen LogP contribution in [0.4, 0.5) is 5.69 Å². The third kappa shape index (κ3) is 2.43. The Bertz CT molecular complexity index is 574. The second kappa shape index (κ2) is 5.17. The molecule has 1 heterocycles. The van der Waals surface area contributed by atoms with Gasteiger partial charge in [-0.3, -0.25) is 9.59 Å². The van der Waals surface area contributed by atoms with Crippen molar-refractivity contribution in [1.82, 2.24) is 5.32 Å². The highest BCUT2D eigenvalue weighted by molar-refractivity contribution is 6.12. The molecule has 1 aromatic carbocycles. The van der Waals surface area contributed by atoms with Crippen LogP contribution in [0.3, 0.4) is 0 Å². The van der Waals surface area contributed by atoms with Crippen molar-refractivity contribution >= 4 is 17.5 Å². The van der Waals surface area contributed by atoms with E-state index < -0.39 is 5.54 Å². The maximum atomic E-state index is 13.0. The highest BCUT2D eigenvalue weighted by Crippen LogP contribution is 2.33. The average molecular weight is 286 g/mol. The van der Waals surface area contributed by atoms with Crippen LogP contribution in [-0.4, -0.2) is 23.4 Å². The van der Waals surface area contributed by atoms with Gasteiger partial charge in [-0.05, 0) is 38.8 Å². The number of hydrogen-bond donors (Lipinski definition) is 1. The first-order valence-corrected chi connectivity index (χ1v) is 7.76. The van der Waals surface area contributed by atoms with Gasteiger partial charge in [0.05, 0.1) is 11.3 Å². The van der Waals surface area contributed by atoms with Gasteiger partial charge in [-0.25, -0.2) is 0 Å². The van der Waals surface area contributed by atoms with Crippen LogP contribution in [-0.2, 0) is 4.79 Å². The summed E-state index contributed by atoms with van der Waals surface area (Å²) >= 11 is 0. The number of amides is 2. The first-order chi connectivity index (χ1) is 10.0. The molecule has 1 aliphatic heterocycles. The Morgan fingerprint density at radius 3 is 2.48 bits per heavy atom. The monoisotopic (exact) mass is 286 g/mol. The van der Waals surface area contributed by atoms with Crippen LogP contribution in [0.5, 0.6) is 0 Å². The van der Waals surface area contributed by atoms with Crippen molar-refractivity contribution in [3.8, 4) is 0 Å². The van der Waals surface area contributed by atoms with Crippen LogP contribution >= 0.6 is 0 Å². The third-order valence-electron chi connectivity index (χ3n) is 4.53. The number of rotatable bonds is 1. The van der Waals surface area contributed by atoms with E-state index in [4.69, 9.17) is 0 Å². The minimum Gasteiger partial charge on any atom is -0.338 e. The topological polar surface area (TPSA) is 49.4 Å². The number of nitrogens with one attached hydrogen (secondary N) is 1. The standard InChI is InChI=1S/C17H22N2O2/c1-17(2)16(21)19(12-8-4-3-5-9-12)14-11-7-6-10-13(14)15(20)18-17/h6-7,10-12H,3-5,8-9H2,1-2H3,(H,18,20). The highest BCUT2D eigenvalue weighted by atomic mass is 16.2. The fourth-order valence-corrected chi connectivity index (χ4v) is 3.39. The molecule has 0 bridgehead atoms. The lowest BCUT2D eigenvalue weighted by molar-refractivity contribution is -0.124. The number of anilines is 1. The van der Waals surface area contributed by atoms with E-state index in [2.05, 4.69) is 5.32 Å². The van der Waals surface area contributed by atoms with Crippen LogP contribution in [0, 0.1) is 0 Å². The molecule has 1 aliphatic carbocycles. The van der Waals surface area contributed by atoms with E-state index in [1.54, 1.807) is 19.9 Å². The van der Waals surface area contributed by atoms with Gasteiger partial charge in [-0.2, -0.15) is 0 Å². The number of benzene rings is 1. The summed E-state index contributed by atoms with van der Waals surface area (Å²) < 4.78 is 0. The lowest BCUT2D eigenvalue weighted by Crippen LogP contribution is -2.56.